The number of piperazine rings is 1. The van der Waals surface area contributed by atoms with Gasteiger partial charge in [-0.15, -0.1) is 0 Å². The highest BCUT2D eigenvalue weighted by Gasteiger charge is 2.35. The minimum Gasteiger partial charge on any atom is -0.463 e. The summed E-state index contributed by atoms with van der Waals surface area (Å²) < 4.78 is 18.6. The predicted octanol–water partition coefficient (Wildman–Crippen LogP) is 5.31. The van der Waals surface area contributed by atoms with Crippen molar-refractivity contribution in [3.05, 3.63) is 71.1 Å². The molecule has 2 heterocycles. The second kappa shape index (κ2) is 11.8. The zero-order chi connectivity index (χ0) is 27.4. The first-order chi connectivity index (χ1) is 18.9. The Morgan fingerprint density at radius 1 is 1.15 bits per heavy atom. The van der Waals surface area contributed by atoms with Crippen molar-refractivity contribution in [3.8, 4) is 11.1 Å². The summed E-state index contributed by atoms with van der Waals surface area (Å²) >= 11 is 5.95. The topological polar surface area (TPSA) is 87.7 Å². The Labute approximate surface area is 231 Å². The summed E-state index contributed by atoms with van der Waals surface area (Å²) in [6.45, 7) is 4.58. The van der Waals surface area contributed by atoms with Gasteiger partial charge in [0.15, 0.2) is 0 Å². The van der Waals surface area contributed by atoms with Crippen molar-refractivity contribution in [1.82, 2.24) is 14.9 Å². The van der Waals surface area contributed by atoms with Crippen LogP contribution in [0.15, 0.2) is 54.7 Å². The Morgan fingerprint density at radius 3 is 2.67 bits per heavy atom. The molecule has 1 aromatic heterocycles. The van der Waals surface area contributed by atoms with Crippen molar-refractivity contribution in [2.24, 2.45) is 5.92 Å². The Kier molecular flexibility index (Phi) is 8.07. The van der Waals surface area contributed by atoms with E-state index in [1.165, 1.54) is 18.2 Å². The fourth-order valence-electron chi connectivity index (χ4n) is 4.47. The molecule has 39 heavy (non-hydrogen) atoms. The van der Waals surface area contributed by atoms with E-state index in [9.17, 15) is 14.0 Å². The molecule has 202 valence electrons. The van der Waals surface area contributed by atoms with Crippen LogP contribution in [0.1, 0.15) is 25.3 Å². The van der Waals surface area contributed by atoms with Crippen LogP contribution in [0.4, 0.5) is 21.8 Å². The molecule has 1 amide bonds. The highest BCUT2D eigenvalue weighted by Crippen LogP contribution is 2.34. The molecule has 2 aromatic carbocycles. The van der Waals surface area contributed by atoms with Gasteiger partial charge in [-0.05, 0) is 61.2 Å². The molecular weight excluding hydrogens is 521 g/mol. The van der Waals surface area contributed by atoms with E-state index in [4.69, 9.17) is 21.3 Å². The van der Waals surface area contributed by atoms with Crippen molar-refractivity contribution in [1.29, 1.82) is 0 Å². The SMILES string of the molecule is CCOC(=O)C=Cc1cccc(-c2cnc(Nc3ccc(F)c(Cl)c3)nc2N2CCN(C(=O)C3CC3)CC2)c1. The van der Waals surface area contributed by atoms with E-state index >= 15 is 0 Å². The quantitative estimate of drug-likeness (QED) is 0.301. The van der Waals surface area contributed by atoms with E-state index in [0.717, 1.165) is 29.5 Å². The molecule has 0 radical (unpaired) electrons. The summed E-state index contributed by atoms with van der Waals surface area (Å²) in [5, 5.41) is 3.11. The summed E-state index contributed by atoms with van der Waals surface area (Å²) in [6.07, 6.45) is 6.82. The third-order valence-corrected chi connectivity index (χ3v) is 6.95. The molecule has 8 nitrogen and oxygen atoms in total. The van der Waals surface area contributed by atoms with E-state index in [2.05, 4.69) is 15.2 Å². The second-order valence-corrected chi connectivity index (χ2v) is 9.89. The number of hydrogen-bond acceptors (Lipinski definition) is 7. The van der Waals surface area contributed by atoms with Gasteiger partial charge in [0.1, 0.15) is 11.6 Å². The van der Waals surface area contributed by atoms with Crippen LogP contribution in [-0.4, -0.2) is 59.5 Å². The van der Waals surface area contributed by atoms with Crippen LogP contribution in [0.5, 0.6) is 0 Å². The maximum Gasteiger partial charge on any atom is 0.330 e. The molecular formula is C29H29ClFN5O3. The number of halogens is 2. The van der Waals surface area contributed by atoms with Gasteiger partial charge in [0, 0.05) is 55.6 Å². The molecule has 2 aliphatic rings. The molecule has 0 bridgehead atoms. The van der Waals surface area contributed by atoms with Gasteiger partial charge in [0.2, 0.25) is 11.9 Å². The van der Waals surface area contributed by atoms with Crippen molar-refractivity contribution in [3.63, 3.8) is 0 Å². The van der Waals surface area contributed by atoms with Crippen LogP contribution in [0.3, 0.4) is 0 Å². The van der Waals surface area contributed by atoms with Crippen LogP contribution in [0.2, 0.25) is 5.02 Å². The van der Waals surface area contributed by atoms with Crippen LogP contribution < -0.4 is 10.2 Å². The molecule has 0 atom stereocenters. The molecule has 1 saturated carbocycles. The maximum absolute atomic E-state index is 13.6. The fourth-order valence-corrected chi connectivity index (χ4v) is 4.65. The summed E-state index contributed by atoms with van der Waals surface area (Å²) in [5.41, 5.74) is 3.08. The van der Waals surface area contributed by atoms with Gasteiger partial charge in [-0.2, -0.15) is 4.98 Å². The number of nitrogens with one attached hydrogen (secondary N) is 1. The molecule has 1 aliphatic heterocycles. The molecule has 5 rings (SSSR count). The van der Waals surface area contributed by atoms with Crippen LogP contribution >= 0.6 is 11.6 Å². The number of hydrogen-bond donors (Lipinski definition) is 1. The molecule has 1 aliphatic carbocycles. The van der Waals surface area contributed by atoms with Crippen LogP contribution in [0.25, 0.3) is 17.2 Å². The number of ether oxygens (including phenoxy) is 1. The van der Waals surface area contributed by atoms with Gasteiger partial charge >= 0.3 is 5.97 Å². The number of esters is 1. The zero-order valence-corrected chi connectivity index (χ0v) is 22.3. The largest absolute Gasteiger partial charge is 0.463 e. The number of aromatic nitrogens is 2. The van der Waals surface area contributed by atoms with E-state index in [1.54, 1.807) is 25.3 Å². The normalized spacial score (nSPS) is 15.5. The van der Waals surface area contributed by atoms with Gasteiger partial charge in [-0.3, -0.25) is 4.79 Å². The molecule has 10 heteroatoms. The van der Waals surface area contributed by atoms with Gasteiger partial charge < -0.3 is 19.9 Å². The lowest BCUT2D eigenvalue weighted by Crippen LogP contribution is -2.49. The van der Waals surface area contributed by atoms with Crippen molar-refractivity contribution in [2.45, 2.75) is 19.8 Å². The average molecular weight is 550 g/mol. The third kappa shape index (κ3) is 6.54. The Bertz CT molecular complexity index is 1400. The number of nitrogens with zero attached hydrogens (tertiary/aromatic N) is 4. The molecule has 1 saturated heterocycles. The van der Waals surface area contributed by atoms with Crippen molar-refractivity contribution < 1.29 is 18.7 Å². The number of rotatable bonds is 8. The molecule has 1 N–H and O–H groups in total. The minimum absolute atomic E-state index is 0.000911. The Morgan fingerprint density at radius 2 is 1.95 bits per heavy atom. The first-order valence-electron chi connectivity index (χ1n) is 13.0. The second-order valence-electron chi connectivity index (χ2n) is 9.48. The lowest BCUT2D eigenvalue weighted by Gasteiger charge is -2.36. The third-order valence-electron chi connectivity index (χ3n) is 6.66. The van der Waals surface area contributed by atoms with Crippen LogP contribution in [-0.2, 0) is 14.3 Å². The number of amides is 1. The Balaban J connectivity index is 1.44. The van der Waals surface area contributed by atoms with E-state index in [-0.39, 0.29) is 16.8 Å². The van der Waals surface area contributed by atoms with Gasteiger partial charge in [0.05, 0.1) is 11.6 Å². The average Bonchev–Trinajstić information content (AvgIpc) is 3.80. The van der Waals surface area contributed by atoms with Crippen LogP contribution in [0, 0.1) is 11.7 Å². The molecule has 0 spiro atoms. The van der Waals surface area contributed by atoms with Gasteiger partial charge in [-0.1, -0.05) is 29.8 Å². The summed E-state index contributed by atoms with van der Waals surface area (Å²) in [7, 11) is 0. The summed E-state index contributed by atoms with van der Waals surface area (Å²) in [4.78, 5) is 37.8. The van der Waals surface area contributed by atoms with Crippen molar-refractivity contribution in [2.75, 3.05) is 43.0 Å². The highest BCUT2D eigenvalue weighted by atomic mass is 35.5. The van der Waals surface area contributed by atoms with E-state index in [0.29, 0.717) is 50.2 Å². The lowest BCUT2D eigenvalue weighted by molar-refractivity contribution is -0.137. The maximum atomic E-state index is 13.6. The smallest absolute Gasteiger partial charge is 0.330 e. The van der Waals surface area contributed by atoms with Crippen molar-refractivity contribution >= 4 is 47.0 Å². The standard InChI is InChI=1S/C29H29ClFN5O3/c1-2-39-26(37)11-6-19-4-3-5-21(16-19)23-18-32-29(33-22-9-10-25(31)24(30)17-22)34-27(23)35-12-14-36(15-13-35)28(38)20-7-8-20/h3-6,9-11,16-18,20H,2,7-8,12-15H2,1H3,(H,32,33,34). The summed E-state index contributed by atoms with van der Waals surface area (Å²) in [6, 6.07) is 12.1. The summed E-state index contributed by atoms with van der Waals surface area (Å²) in [5.74, 6) is 0.581. The first-order valence-corrected chi connectivity index (χ1v) is 13.4. The van der Waals surface area contributed by atoms with Gasteiger partial charge in [-0.25, -0.2) is 14.2 Å². The Hall–Kier alpha value is -3.98. The number of anilines is 3. The zero-order valence-electron chi connectivity index (χ0n) is 21.6. The van der Waals surface area contributed by atoms with E-state index < -0.39 is 11.8 Å². The monoisotopic (exact) mass is 549 g/mol. The first kappa shape index (κ1) is 26.6. The number of benzene rings is 2. The number of carbonyl (C=O) groups excluding carboxylic acids is 2. The van der Waals surface area contributed by atoms with E-state index in [1.807, 2.05) is 29.2 Å². The molecule has 0 unspecified atom stereocenters. The van der Waals surface area contributed by atoms with Gasteiger partial charge in [0.25, 0.3) is 0 Å². The lowest BCUT2D eigenvalue weighted by atomic mass is 10.0. The molecule has 2 fully saturated rings. The predicted molar refractivity (Wildman–Crippen MR) is 149 cm³/mol. The number of carbonyl (C=O) groups is 2. The minimum atomic E-state index is -0.505. The fraction of sp³-hybridized carbons (Fsp3) is 0.310. The molecule has 3 aromatic rings. The highest BCUT2D eigenvalue weighted by molar-refractivity contribution is 6.31.